The maximum absolute atomic E-state index is 13.1. The number of nitrogens with one attached hydrogen (secondary N) is 1. The van der Waals surface area contributed by atoms with Crippen molar-refractivity contribution in [3.05, 3.63) is 64.6 Å². The van der Waals surface area contributed by atoms with Crippen molar-refractivity contribution in [2.45, 2.75) is 29.9 Å². The lowest BCUT2D eigenvalue weighted by atomic mass is 10.1. The van der Waals surface area contributed by atoms with Crippen molar-refractivity contribution in [3.63, 3.8) is 0 Å². The first-order chi connectivity index (χ1) is 12.6. The summed E-state index contributed by atoms with van der Waals surface area (Å²) >= 11 is 1.81. The minimum Gasteiger partial charge on any atom is -0.311 e. The van der Waals surface area contributed by atoms with Crippen LogP contribution >= 0.6 is 11.8 Å². The molecular weight excluding hydrogens is 346 g/mol. The summed E-state index contributed by atoms with van der Waals surface area (Å²) in [5, 5.41) is 8.41. The highest BCUT2D eigenvalue weighted by atomic mass is 32.2. The molecule has 0 unspecified atom stereocenters. The highest BCUT2D eigenvalue weighted by molar-refractivity contribution is 8.00. The molecule has 1 amide bonds. The second kappa shape index (κ2) is 6.96. The maximum Gasteiger partial charge on any atom is 0.272 e. The Morgan fingerprint density at radius 3 is 2.77 bits per heavy atom. The third-order valence-corrected chi connectivity index (χ3v) is 5.88. The molecule has 26 heavy (non-hydrogen) atoms. The maximum atomic E-state index is 13.1. The van der Waals surface area contributed by atoms with E-state index >= 15 is 0 Å². The smallest absolute Gasteiger partial charge is 0.272 e. The zero-order chi connectivity index (χ0) is 18.1. The number of para-hydroxylation sites is 1. The molecule has 0 bridgehead atoms. The van der Waals surface area contributed by atoms with Gasteiger partial charge < -0.3 is 4.90 Å². The van der Waals surface area contributed by atoms with Crippen LogP contribution in [0.1, 0.15) is 19.0 Å². The number of carbonyl (C=O) groups excluding carboxylic acids is 1. The van der Waals surface area contributed by atoms with Gasteiger partial charge in [0.2, 0.25) is 5.91 Å². The normalized spacial score (nSPS) is 17.0. The molecule has 3 aromatic rings. The van der Waals surface area contributed by atoms with E-state index in [9.17, 15) is 9.59 Å². The molecule has 6 heteroatoms. The number of hydrogen-bond donors (Lipinski definition) is 1. The van der Waals surface area contributed by atoms with Gasteiger partial charge in [-0.3, -0.25) is 9.59 Å². The molecule has 5 nitrogen and oxygen atoms in total. The minimum atomic E-state index is -0.234. The van der Waals surface area contributed by atoms with Crippen LogP contribution in [0.2, 0.25) is 0 Å². The molecule has 2 aromatic carbocycles. The summed E-state index contributed by atoms with van der Waals surface area (Å²) in [5.74, 6) is -0.00291. The van der Waals surface area contributed by atoms with Gasteiger partial charge in [-0.25, -0.2) is 5.10 Å². The van der Waals surface area contributed by atoms with Crippen molar-refractivity contribution in [3.8, 4) is 0 Å². The zero-order valence-electron chi connectivity index (χ0n) is 14.4. The SMILES string of the molecule is C[C@H]1CCN(C(=O)Cc2n[nH]c(=O)c3ccccc23)c2ccccc2S1. The van der Waals surface area contributed by atoms with Crippen molar-refractivity contribution < 1.29 is 4.79 Å². The molecule has 0 fully saturated rings. The first-order valence-corrected chi connectivity index (χ1v) is 9.54. The average Bonchev–Trinajstić information content (AvgIpc) is 2.82. The van der Waals surface area contributed by atoms with Crippen molar-refractivity contribution >= 4 is 34.1 Å². The number of rotatable bonds is 2. The average molecular weight is 365 g/mol. The summed E-state index contributed by atoms with van der Waals surface area (Å²) in [6.07, 6.45) is 1.09. The van der Waals surface area contributed by atoms with E-state index in [4.69, 9.17) is 0 Å². The Bertz CT molecular complexity index is 1030. The lowest BCUT2D eigenvalue weighted by Crippen LogP contribution is -2.34. The van der Waals surface area contributed by atoms with Gasteiger partial charge in [-0.2, -0.15) is 5.10 Å². The molecule has 0 saturated heterocycles. The molecule has 0 aliphatic carbocycles. The van der Waals surface area contributed by atoms with Gasteiger partial charge in [0.15, 0.2) is 0 Å². The third-order valence-electron chi connectivity index (χ3n) is 4.64. The number of hydrogen-bond acceptors (Lipinski definition) is 4. The summed E-state index contributed by atoms with van der Waals surface area (Å²) < 4.78 is 0. The lowest BCUT2D eigenvalue weighted by molar-refractivity contribution is -0.118. The summed E-state index contributed by atoms with van der Waals surface area (Å²) in [4.78, 5) is 28.0. The van der Waals surface area contributed by atoms with E-state index < -0.39 is 0 Å². The Labute approximate surface area is 155 Å². The van der Waals surface area contributed by atoms with Gasteiger partial charge in [-0.05, 0) is 24.6 Å². The Kier molecular flexibility index (Phi) is 4.51. The van der Waals surface area contributed by atoms with Gasteiger partial charge in [0.05, 0.1) is 23.2 Å². The van der Waals surface area contributed by atoms with E-state index in [1.54, 1.807) is 6.07 Å². The van der Waals surface area contributed by atoms with E-state index in [1.807, 2.05) is 53.1 Å². The number of benzene rings is 2. The van der Waals surface area contributed by atoms with Crippen LogP contribution in [-0.4, -0.2) is 27.9 Å². The van der Waals surface area contributed by atoms with Crippen LogP contribution < -0.4 is 10.5 Å². The molecule has 132 valence electrons. The minimum absolute atomic E-state index is 0.00291. The van der Waals surface area contributed by atoms with E-state index in [0.29, 0.717) is 22.9 Å². The predicted molar refractivity (Wildman–Crippen MR) is 105 cm³/mol. The fourth-order valence-electron chi connectivity index (χ4n) is 3.29. The molecule has 1 aliphatic rings. The number of anilines is 1. The van der Waals surface area contributed by atoms with Crippen LogP contribution in [0.15, 0.2) is 58.2 Å². The van der Waals surface area contributed by atoms with Gasteiger partial charge in [-0.15, -0.1) is 11.8 Å². The summed E-state index contributed by atoms with van der Waals surface area (Å²) in [6.45, 7) is 2.87. The van der Waals surface area contributed by atoms with Gasteiger partial charge in [0, 0.05) is 22.1 Å². The van der Waals surface area contributed by atoms with E-state index in [1.165, 1.54) is 0 Å². The van der Waals surface area contributed by atoms with Crippen LogP contribution in [0.4, 0.5) is 5.69 Å². The first-order valence-electron chi connectivity index (χ1n) is 8.66. The second-order valence-corrected chi connectivity index (χ2v) is 7.93. The number of fused-ring (bicyclic) bond motifs is 2. The monoisotopic (exact) mass is 365 g/mol. The van der Waals surface area contributed by atoms with Gasteiger partial charge in [0.1, 0.15) is 0 Å². The van der Waals surface area contributed by atoms with E-state index in [2.05, 4.69) is 23.2 Å². The number of amides is 1. The van der Waals surface area contributed by atoms with Gasteiger partial charge >= 0.3 is 0 Å². The summed E-state index contributed by atoms with van der Waals surface area (Å²) in [6, 6.07) is 15.3. The van der Waals surface area contributed by atoms with Crippen LogP contribution in [0.25, 0.3) is 10.8 Å². The molecule has 1 aliphatic heterocycles. The standard InChI is InChI=1S/C20H19N3O2S/c1-13-10-11-23(17-8-4-5-9-18(17)26-13)19(24)12-16-14-6-2-3-7-15(14)20(25)22-21-16/h2-9,13H,10-12H2,1H3,(H,22,25)/t13-/m0/s1. The fourth-order valence-corrected chi connectivity index (χ4v) is 4.40. The summed E-state index contributed by atoms with van der Waals surface area (Å²) in [7, 11) is 0. The molecule has 1 N–H and O–H groups in total. The number of carbonyl (C=O) groups is 1. The number of nitrogens with zero attached hydrogens (tertiary/aromatic N) is 2. The van der Waals surface area contributed by atoms with Crippen molar-refractivity contribution in [1.29, 1.82) is 0 Å². The Morgan fingerprint density at radius 1 is 1.19 bits per heavy atom. The van der Waals surface area contributed by atoms with Crippen LogP contribution in [0, 0.1) is 0 Å². The topological polar surface area (TPSA) is 66.1 Å². The second-order valence-electron chi connectivity index (χ2n) is 6.45. The largest absolute Gasteiger partial charge is 0.311 e. The Hall–Kier alpha value is -2.60. The van der Waals surface area contributed by atoms with Crippen molar-refractivity contribution in [2.24, 2.45) is 0 Å². The van der Waals surface area contributed by atoms with Gasteiger partial charge in [0.25, 0.3) is 5.56 Å². The third kappa shape index (κ3) is 3.12. The molecule has 4 rings (SSSR count). The fraction of sp³-hybridized carbons (Fsp3) is 0.250. The molecule has 1 aromatic heterocycles. The predicted octanol–water partition coefficient (Wildman–Crippen LogP) is 3.38. The number of aromatic amines is 1. The highest BCUT2D eigenvalue weighted by Gasteiger charge is 2.25. The van der Waals surface area contributed by atoms with Crippen molar-refractivity contribution in [1.82, 2.24) is 10.2 Å². The first kappa shape index (κ1) is 16.8. The Balaban J connectivity index is 1.69. The lowest BCUT2D eigenvalue weighted by Gasteiger charge is -2.22. The van der Waals surface area contributed by atoms with Crippen LogP contribution in [0.3, 0.4) is 0 Å². The highest BCUT2D eigenvalue weighted by Crippen LogP contribution is 2.37. The molecule has 0 spiro atoms. The molecule has 0 saturated carbocycles. The van der Waals surface area contributed by atoms with Crippen molar-refractivity contribution in [2.75, 3.05) is 11.4 Å². The zero-order valence-corrected chi connectivity index (χ0v) is 15.3. The Morgan fingerprint density at radius 2 is 1.92 bits per heavy atom. The number of thioether (sulfide) groups is 1. The molecular formula is C20H19N3O2S. The summed E-state index contributed by atoms with van der Waals surface area (Å²) in [5.41, 5.74) is 1.33. The molecule has 0 radical (unpaired) electrons. The van der Waals surface area contributed by atoms with Crippen LogP contribution in [0.5, 0.6) is 0 Å². The quantitative estimate of drug-likeness (QED) is 0.756. The van der Waals surface area contributed by atoms with Crippen LogP contribution in [-0.2, 0) is 11.2 Å². The van der Waals surface area contributed by atoms with Gasteiger partial charge in [-0.1, -0.05) is 37.3 Å². The van der Waals surface area contributed by atoms with E-state index in [-0.39, 0.29) is 17.9 Å². The number of H-pyrrole nitrogens is 1. The molecule has 1 atom stereocenters. The van der Waals surface area contributed by atoms with E-state index in [0.717, 1.165) is 22.4 Å². The number of aromatic nitrogens is 2. The molecule has 2 heterocycles.